The molecule has 0 radical (unpaired) electrons. The van der Waals surface area contributed by atoms with Crippen LogP contribution in [-0.4, -0.2) is 131 Å². The zero-order valence-corrected chi connectivity index (χ0v) is 39.9. The molecule has 11 rings (SSSR count). The Morgan fingerprint density at radius 1 is 0.761 bits per heavy atom. The Hall–Kier alpha value is -4.24. The van der Waals surface area contributed by atoms with Crippen LogP contribution in [-0.2, 0) is 61.8 Å². The number of carbonyl (C=O) groups is 4. The molecule has 6 fully saturated rings. The smallest absolute Gasteiger partial charge is 0.332 e. The number of hydrogen-bond acceptors (Lipinski definition) is 14. The van der Waals surface area contributed by atoms with Crippen LogP contribution in [0.15, 0.2) is 24.3 Å². The van der Waals surface area contributed by atoms with Crippen molar-refractivity contribution in [2.75, 3.05) is 46.5 Å². The molecule has 0 aromatic heterocycles. The van der Waals surface area contributed by atoms with Crippen molar-refractivity contribution in [2.45, 2.75) is 175 Å². The van der Waals surface area contributed by atoms with Crippen LogP contribution in [0.4, 0.5) is 0 Å². The van der Waals surface area contributed by atoms with Crippen molar-refractivity contribution >= 4 is 23.5 Å². The zero-order chi connectivity index (χ0) is 46.9. The minimum Gasteiger partial charge on any atom is -0.504 e. The second kappa shape index (κ2) is 15.9. The van der Waals surface area contributed by atoms with Gasteiger partial charge in [-0.25, -0.2) is 4.79 Å². The Balaban J connectivity index is 0.762. The summed E-state index contributed by atoms with van der Waals surface area (Å²) in [6.45, 7) is 10.9. The van der Waals surface area contributed by atoms with Crippen molar-refractivity contribution in [3.05, 3.63) is 46.5 Å². The minimum absolute atomic E-state index is 0.00733. The lowest BCUT2D eigenvalue weighted by Crippen LogP contribution is -2.78. The summed E-state index contributed by atoms with van der Waals surface area (Å²) in [7, 11) is 1.54. The highest BCUT2D eigenvalue weighted by molar-refractivity contribution is 5.90. The lowest BCUT2D eigenvalue weighted by atomic mass is 9.48. The predicted octanol–water partition coefficient (Wildman–Crippen LogP) is 6.17. The first-order chi connectivity index (χ1) is 31.9. The SMILES string of the molecule is COc1c(O)ccc2c1C13CCN(CC4CC4)[C@H](C2)[C@]1(OC(=O)CC(C)(C)OCCC(C)(C)OCC(=O)O[C@@]12CCC(=O)[C@@H]4Oc5c(O)ccc6c5C41CCN(CC1CC1)C2C6)CCC(=O)C3. The summed E-state index contributed by atoms with van der Waals surface area (Å²) in [6.07, 6.45) is 8.34. The molecule has 1 spiro atoms. The summed E-state index contributed by atoms with van der Waals surface area (Å²) in [5, 5.41) is 22.0. The van der Waals surface area contributed by atoms with Gasteiger partial charge in [-0.2, -0.15) is 0 Å². The van der Waals surface area contributed by atoms with Gasteiger partial charge in [0.2, 0.25) is 0 Å². The number of nitrogens with zero attached hydrogens (tertiary/aromatic N) is 2. The number of ether oxygens (including phenoxy) is 6. The monoisotopic (exact) mass is 924 g/mol. The summed E-state index contributed by atoms with van der Waals surface area (Å²) in [5.74, 6) is 1.20. The van der Waals surface area contributed by atoms with Gasteiger partial charge in [-0.05, 0) is 147 Å². The number of methoxy groups -OCH3 is 1. The lowest BCUT2D eigenvalue weighted by molar-refractivity contribution is -0.221. The number of hydrogen-bond donors (Lipinski definition) is 2. The second-order valence-electron chi connectivity index (χ2n) is 23.0. The molecule has 362 valence electrons. The number of piperidine rings is 2. The average Bonchev–Trinajstić information content (AvgIpc) is 4.22. The van der Waals surface area contributed by atoms with E-state index in [4.69, 9.17) is 28.4 Å². The fraction of sp³-hybridized carbons (Fsp3) is 0.698. The molecule has 4 saturated carbocycles. The van der Waals surface area contributed by atoms with E-state index in [1.165, 1.54) is 25.7 Å². The molecule has 4 bridgehead atoms. The maximum atomic E-state index is 14.4. The standard InChI is InChI=1S/C53H68N2O12/c1-48(2,64-30-42(61)67-53-17-15-38(59)47-51(53)19-22-55(29-32-8-9-32)40(53)25-34-11-13-37(58)46(65-47)44(34)51)20-23-63-49(3,4)27-41(60)66-52-16-14-35(56)26-50(52)18-21-54(28-31-6-7-31)39(52)24-33-10-12-36(57)45(62-5)43(33)50/h10-13,31-32,39-40,47,57-58H,6-9,14-30H2,1-5H3/t39-,40?,47+,50?,51?,52-,53-/m1/s1. The van der Waals surface area contributed by atoms with Gasteiger partial charge >= 0.3 is 11.9 Å². The summed E-state index contributed by atoms with van der Waals surface area (Å²) in [6, 6.07) is 6.96. The Labute approximate surface area is 393 Å². The lowest BCUT2D eigenvalue weighted by Gasteiger charge is -2.64. The third kappa shape index (κ3) is 7.14. The van der Waals surface area contributed by atoms with Gasteiger partial charge in [0.25, 0.3) is 0 Å². The van der Waals surface area contributed by atoms with Crippen molar-refractivity contribution in [3.63, 3.8) is 0 Å². The topological polar surface area (TPSA) is 171 Å². The van der Waals surface area contributed by atoms with Gasteiger partial charge in [-0.1, -0.05) is 12.1 Å². The van der Waals surface area contributed by atoms with E-state index in [-0.39, 0.29) is 67.6 Å². The van der Waals surface area contributed by atoms with Gasteiger partial charge < -0.3 is 38.6 Å². The van der Waals surface area contributed by atoms with E-state index in [9.17, 15) is 29.4 Å². The number of Topliss-reactive ketones (excluding diaryl/α,β-unsaturated/α-hetero) is 2. The van der Waals surface area contributed by atoms with Gasteiger partial charge in [0.05, 0.1) is 48.8 Å². The molecule has 67 heavy (non-hydrogen) atoms. The highest BCUT2D eigenvalue weighted by atomic mass is 16.6. The number of aromatic hydroxyl groups is 2. The molecule has 3 heterocycles. The van der Waals surface area contributed by atoms with Gasteiger partial charge in [0.15, 0.2) is 34.9 Å². The Kier molecular flexibility index (Phi) is 10.7. The number of ketones is 2. The number of fused-ring (bicyclic) bond motifs is 1. The van der Waals surface area contributed by atoms with Crippen LogP contribution >= 0.6 is 0 Å². The third-order valence-corrected chi connectivity index (χ3v) is 17.9. The maximum Gasteiger partial charge on any atom is 0.332 e. The molecule has 14 nitrogen and oxygen atoms in total. The van der Waals surface area contributed by atoms with E-state index < -0.39 is 51.3 Å². The number of likely N-dealkylation sites (tertiary alicyclic amines) is 2. The largest absolute Gasteiger partial charge is 0.504 e. The number of phenolic OH excluding ortho intramolecular Hbond substituents is 2. The highest BCUT2D eigenvalue weighted by Gasteiger charge is 2.76. The molecule has 0 amide bonds. The van der Waals surface area contributed by atoms with Gasteiger partial charge in [0.1, 0.15) is 23.6 Å². The number of phenols is 2. The van der Waals surface area contributed by atoms with Crippen molar-refractivity contribution in [2.24, 2.45) is 11.8 Å². The number of rotatable bonds is 16. The van der Waals surface area contributed by atoms with Crippen LogP contribution in [0.5, 0.6) is 23.0 Å². The maximum absolute atomic E-state index is 14.4. The van der Waals surface area contributed by atoms with E-state index in [0.717, 1.165) is 48.4 Å². The van der Waals surface area contributed by atoms with E-state index in [1.807, 2.05) is 39.8 Å². The number of carbonyl (C=O) groups excluding carboxylic acids is 4. The Morgan fingerprint density at radius 3 is 2.07 bits per heavy atom. The van der Waals surface area contributed by atoms with E-state index in [0.29, 0.717) is 74.7 Å². The molecule has 9 aliphatic rings. The van der Waals surface area contributed by atoms with Crippen molar-refractivity contribution in [1.29, 1.82) is 0 Å². The fourth-order valence-corrected chi connectivity index (χ4v) is 14.4. The summed E-state index contributed by atoms with van der Waals surface area (Å²) in [5.41, 5.74) is -1.74. The molecule has 7 atom stereocenters. The van der Waals surface area contributed by atoms with Crippen LogP contribution in [0.2, 0.25) is 0 Å². The van der Waals surface area contributed by atoms with Crippen molar-refractivity contribution in [3.8, 4) is 23.0 Å². The normalized spacial score (nSPS) is 33.0. The molecule has 2 N–H and O–H groups in total. The molecule has 2 aromatic rings. The van der Waals surface area contributed by atoms with E-state index in [2.05, 4.69) is 9.80 Å². The summed E-state index contributed by atoms with van der Waals surface area (Å²) in [4.78, 5) is 60.8. The molecule has 14 heteroatoms. The fourth-order valence-electron chi connectivity index (χ4n) is 14.4. The van der Waals surface area contributed by atoms with Crippen LogP contribution in [0, 0.1) is 11.8 Å². The molecule has 3 aliphatic heterocycles. The highest BCUT2D eigenvalue weighted by Crippen LogP contribution is 2.67. The van der Waals surface area contributed by atoms with Crippen molar-refractivity contribution < 1.29 is 57.8 Å². The minimum atomic E-state index is -1.02. The zero-order valence-electron chi connectivity index (χ0n) is 39.9. The number of esters is 2. The van der Waals surface area contributed by atoms with Crippen LogP contribution in [0.25, 0.3) is 0 Å². The first-order valence-corrected chi connectivity index (χ1v) is 25.1. The molecule has 2 saturated heterocycles. The quantitative estimate of drug-likeness (QED) is 0.183. The molecule has 6 aliphatic carbocycles. The third-order valence-electron chi connectivity index (χ3n) is 17.9. The van der Waals surface area contributed by atoms with E-state index in [1.54, 1.807) is 19.2 Å². The molecular weight excluding hydrogens is 857 g/mol. The summed E-state index contributed by atoms with van der Waals surface area (Å²) >= 11 is 0. The van der Waals surface area contributed by atoms with Crippen LogP contribution in [0.3, 0.4) is 0 Å². The number of benzene rings is 2. The van der Waals surface area contributed by atoms with Crippen LogP contribution in [0.1, 0.15) is 133 Å². The Bertz CT molecular complexity index is 2390. The molecule has 3 unspecified atom stereocenters. The molecular formula is C53H68N2O12. The molecule has 2 aromatic carbocycles. The van der Waals surface area contributed by atoms with Gasteiger partial charge in [0, 0.05) is 48.9 Å². The van der Waals surface area contributed by atoms with Crippen molar-refractivity contribution in [1.82, 2.24) is 9.80 Å². The average molecular weight is 925 g/mol. The first-order valence-electron chi connectivity index (χ1n) is 25.1. The van der Waals surface area contributed by atoms with Gasteiger partial charge in [-0.15, -0.1) is 0 Å². The summed E-state index contributed by atoms with van der Waals surface area (Å²) < 4.78 is 38.7. The second-order valence-corrected chi connectivity index (χ2v) is 23.0. The van der Waals surface area contributed by atoms with E-state index >= 15 is 0 Å². The van der Waals surface area contributed by atoms with Crippen LogP contribution < -0.4 is 9.47 Å². The van der Waals surface area contributed by atoms with Gasteiger partial charge in [-0.3, -0.25) is 24.2 Å². The Morgan fingerprint density at radius 2 is 1.39 bits per heavy atom. The predicted molar refractivity (Wildman–Crippen MR) is 243 cm³/mol. The first kappa shape index (κ1) is 45.2.